The van der Waals surface area contributed by atoms with E-state index in [1.165, 1.54) is 53.5 Å². The van der Waals surface area contributed by atoms with Crippen molar-refractivity contribution < 1.29 is 0 Å². The number of rotatable bonds is 2. The van der Waals surface area contributed by atoms with Crippen molar-refractivity contribution in [2.24, 2.45) is 0 Å². The largest absolute Gasteiger partial charge is 0.256 e. The summed E-state index contributed by atoms with van der Waals surface area (Å²) in [5, 5.41) is 0. The van der Waals surface area contributed by atoms with Crippen molar-refractivity contribution in [3.63, 3.8) is 0 Å². The van der Waals surface area contributed by atoms with Crippen LogP contribution >= 0.6 is 0 Å². The zero-order chi connectivity index (χ0) is 17.7. The van der Waals surface area contributed by atoms with Crippen molar-refractivity contribution in [2.75, 3.05) is 0 Å². The van der Waals surface area contributed by atoms with Gasteiger partial charge in [-0.05, 0) is 103 Å². The van der Waals surface area contributed by atoms with E-state index in [-0.39, 0.29) is 0 Å². The molecular formula is C25H25N. The number of nitrogens with zero attached hydrogens (tertiary/aromatic N) is 1. The van der Waals surface area contributed by atoms with E-state index in [2.05, 4.69) is 62.4 Å². The minimum atomic E-state index is 0.775. The first-order chi connectivity index (χ1) is 12.7. The van der Waals surface area contributed by atoms with Crippen LogP contribution in [0, 0.1) is 13.8 Å². The number of pyridine rings is 1. The van der Waals surface area contributed by atoms with E-state index in [9.17, 15) is 0 Å². The van der Waals surface area contributed by atoms with E-state index in [0.717, 1.165) is 17.5 Å². The summed E-state index contributed by atoms with van der Waals surface area (Å²) in [4.78, 5) is 4.71. The molecule has 0 radical (unpaired) electrons. The average Bonchev–Trinajstić information content (AvgIpc) is 2.69. The maximum absolute atomic E-state index is 4.71. The van der Waals surface area contributed by atoms with E-state index >= 15 is 0 Å². The maximum Gasteiger partial charge on any atom is 0.0708 e. The molecule has 3 aliphatic carbocycles. The van der Waals surface area contributed by atoms with Crippen LogP contribution in [0.3, 0.4) is 0 Å². The van der Waals surface area contributed by atoms with E-state index < -0.39 is 0 Å². The average molecular weight is 339 g/mol. The van der Waals surface area contributed by atoms with E-state index in [1.807, 2.05) is 6.20 Å². The predicted molar refractivity (Wildman–Crippen MR) is 109 cm³/mol. The van der Waals surface area contributed by atoms with Gasteiger partial charge in [0.15, 0.2) is 0 Å². The summed E-state index contributed by atoms with van der Waals surface area (Å²) in [7, 11) is 0. The molecule has 1 fully saturated rings. The van der Waals surface area contributed by atoms with Gasteiger partial charge in [0.05, 0.1) is 5.69 Å². The molecule has 0 atom stereocenters. The molecule has 130 valence electrons. The maximum atomic E-state index is 4.71. The lowest BCUT2D eigenvalue weighted by atomic mass is 9.67. The first-order valence-electron chi connectivity index (χ1n) is 9.87. The van der Waals surface area contributed by atoms with Crippen LogP contribution in [0.15, 0.2) is 54.7 Å². The third-order valence-electron chi connectivity index (χ3n) is 6.52. The van der Waals surface area contributed by atoms with Gasteiger partial charge in [-0.15, -0.1) is 0 Å². The normalized spacial score (nSPS) is 20.8. The molecule has 1 heteroatoms. The Balaban J connectivity index is 1.59. The molecule has 1 heterocycles. The van der Waals surface area contributed by atoms with Crippen LogP contribution in [0.25, 0.3) is 22.4 Å². The van der Waals surface area contributed by atoms with Gasteiger partial charge in [-0.2, -0.15) is 0 Å². The fourth-order valence-corrected chi connectivity index (χ4v) is 5.19. The van der Waals surface area contributed by atoms with Crippen molar-refractivity contribution in [1.82, 2.24) is 4.98 Å². The second kappa shape index (κ2) is 6.09. The number of aryl methyl sites for hydroxylation is 2. The second-order valence-electron chi connectivity index (χ2n) is 8.09. The highest BCUT2D eigenvalue weighted by molar-refractivity contribution is 5.75. The van der Waals surface area contributed by atoms with Gasteiger partial charge in [-0.3, -0.25) is 4.98 Å². The lowest BCUT2D eigenvalue weighted by molar-refractivity contribution is 0.359. The SMILES string of the molecule is Cc1cccc(C)c1-c1ccnc(-c2ccc3c(c2)C2CCC3CC2)c1. The molecule has 0 unspecified atom stereocenters. The first-order valence-corrected chi connectivity index (χ1v) is 9.87. The molecule has 0 N–H and O–H groups in total. The number of benzene rings is 2. The number of fused-ring (bicyclic) bond motifs is 2. The van der Waals surface area contributed by atoms with Crippen LogP contribution in [0.4, 0.5) is 0 Å². The second-order valence-corrected chi connectivity index (χ2v) is 8.09. The Bertz CT molecular complexity index is 957. The Morgan fingerprint density at radius 3 is 2.15 bits per heavy atom. The summed E-state index contributed by atoms with van der Waals surface area (Å²) < 4.78 is 0. The third-order valence-corrected chi connectivity index (χ3v) is 6.52. The topological polar surface area (TPSA) is 12.9 Å². The number of aromatic nitrogens is 1. The van der Waals surface area contributed by atoms with E-state index in [4.69, 9.17) is 4.98 Å². The van der Waals surface area contributed by atoms with Crippen molar-refractivity contribution in [1.29, 1.82) is 0 Å². The Morgan fingerprint density at radius 1 is 0.731 bits per heavy atom. The van der Waals surface area contributed by atoms with Gasteiger partial charge in [0.1, 0.15) is 0 Å². The van der Waals surface area contributed by atoms with Gasteiger partial charge in [0.25, 0.3) is 0 Å². The Hall–Kier alpha value is -2.41. The van der Waals surface area contributed by atoms with Crippen LogP contribution in [0.1, 0.15) is 59.8 Å². The Morgan fingerprint density at radius 2 is 1.42 bits per heavy atom. The monoisotopic (exact) mass is 339 g/mol. The molecule has 3 aromatic rings. The lowest BCUT2D eigenvalue weighted by Crippen LogP contribution is -2.21. The van der Waals surface area contributed by atoms with Crippen molar-refractivity contribution in [2.45, 2.75) is 51.4 Å². The minimum absolute atomic E-state index is 0.775. The minimum Gasteiger partial charge on any atom is -0.256 e. The lowest BCUT2D eigenvalue weighted by Gasteiger charge is -2.38. The summed E-state index contributed by atoms with van der Waals surface area (Å²) >= 11 is 0. The highest BCUT2D eigenvalue weighted by Crippen LogP contribution is 2.50. The first kappa shape index (κ1) is 15.8. The zero-order valence-corrected chi connectivity index (χ0v) is 15.6. The van der Waals surface area contributed by atoms with Gasteiger partial charge in [0, 0.05) is 11.8 Å². The van der Waals surface area contributed by atoms with Crippen molar-refractivity contribution >= 4 is 0 Å². The van der Waals surface area contributed by atoms with Gasteiger partial charge < -0.3 is 0 Å². The van der Waals surface area contributed by atoms with Crippen LogP contribution in [-0.4, -0.2) is 4.98 Å². The van der Waals surface area contributed by atoms with Gasteiger partial charge >= 0.3 is 0 Å². The van der Waals surface area contributed by atoms with Crippen molar-refractivity contribution in [3.8, 4) is 22.4 Å². The molecule has 0 spiro atoms. The molecule has 0 aliphatic heterocycles. The number of hydrogen-bond acceptors (Lipinski definition) is 1. The van der Waals surface area contributed by atoms with E-state index in [0.29, 0.717) is 0 Å². The number of hydrogen-bond donors (Lipinski definition) is 0. The summed E-state index contributed by atoms with van der Waals surface area (Å²) in [6.07, 6.45) is 7.48. The Kier molecular flexibility index (Phi) is 3.70. The summed E-state index contributed by atoms with van der Waals surface area (Å²) in [6.45, 7) is 4.39. The summed E-state index contributed by atoms with van der Waals surface area (Å²) in [5.41, 5.74) is 10.8. The van der Waals surface area contributed by atoms with Gasteiger partial charge in [-0.25, -0.2) is 0 Å². The fourth-order valence-electron chi connectivity index (χ4n) is 5.19. The van der Waals surface area contributed by atoms with Crippen molar-refractivity contribution in [3.05, 3.63) is 77.0 Å². The van der Waals surface area contributed by atoms with Crippen LogP contribution < -0.4 is 0 Å². The Labute approximate surface area is 156 Å². The van der Waals surface area contributed by atoms with Crippen LogP contribution in [0.2, 0.25) is 0 Å². The third kappa shape index (κ3) is 2.49. The van der Waals surface area contributed by atoms with Gasteiger partial charge in [-0.1, -0.05) is 30.3 Å². The highest BCUT2D eigenvalue weighted by atomic mass is 14.7. The quantitative estimate of drug-likeness (QED) is 0.501. The molecule has 6 rings (SSSR count). The molecular weight excluding hydrogens is 314 g/mol. The smallest absolute Gasteiger partial charge is 0.0708 e. The molecule has 26 heavy (non-hydrogen) atoms. The molecule has 1 saturated carbocycles. The van der Waals surface area contributed by atoms with Crippen LogP contribution in [-0.2, 0) is 0 Å². The standard InChI is InChI=1S/C25H25N/c1-16-4-3-5-17(2)25(16)21-12-13-26-24(15-21)20-10-11-22-18-6-8-19(9-7-18)23(22)14-20/h3-5,10-15,18-19H,6-9H2,1-2H3. The molecule has 0 amide bonds. The van der Waals surface area contributed by atoms with E-state index in [1.54, 1.807) is 11.1 Å². The molecule has 2 bridgehead atoms. The molecule has 0 saturated heterocycles. The molecule has 3 aliphatic rings. The molecule has 2 aromatic carbocycles. The molecule has 1 aromatic heterocycles. The fraction of sp³-hybridized carbons (Fsp3) is 0.320. The highest BCUT2D eigenvalue weighted by Gasteiger charge is 2.32. The van der Waals surface area contributed by atoms with Gasteiger partial charge in [0.2, 0.25) is 0 Å². The zero-order valence-electron chi connectivity index (χ0n) is 15.6. The summed E-state index contributed by atoms with van der Waals surface area (Å²) in [5.74, 6) is 1.58. The predicted octanol–water partition coefficient (Wildman–Crippen LogP) is 6.79. The summed E-state index contributed by atoms with van der Waals surface area (Å²) in [6, 6.07) is 18.0. The molecule has 1 nitrogen and oxygen atoms in total. The van der Waals surface area contributed by atoms with Crippen LogP contribution in [0.5, 0.6) is 0 Å².